The summed E-state index contributed by atoms with van der Waals surface area (Å²) < 4.78 is 38.4. The van der Waals surface area contributed by atoms with Crippen LogP contribution in [0, 0.1) is 13.8 Å². The summed E-state index contributed by atoms with van der Waals surface area (Å²) in [4.78, 5) is 24.5. The van der Waals surface area contributed by atoms with E-state index in [1.54, 1.807) is 55.5 Å². The maximum atomic E-state index is 12.9. The Morgan fingerprint density at radius 3 is 2.33 bits per heavy atom. The maximum absolute atomic E-state index is 12.9. The molecule has 3 rings (SSSR count). The lowest BCUT2D eigenvalue weighted by molar-refractivity contribution is -0.119. The molecule has 8 nitrogen and oxygen atoms in total. The molecule has 3 aromatic carbocycles. The highest BCUT2D eigenvalue weighted by Gasteiger charge is 2.20. The molecule has 3 aromatic rings. The van der Waals surface area contributed by atoms with Crippen molar-refractivity contribution < 1.29 is 27.5 Å². The average molecular weight is 469 g/mol. The summed E-state index contributed by atoms with van der Waals surface area (Å²) in [5.74, 6) is -0.794. The number of ether oxygens (including phenoxy) is 2. The molecule has 0 unspecified atom stereocenters. The Bertz CT molecular complexity index is 1270. The smallest absolute Gasteiger partial charge is 0.338 e. The van der Waals surface area contributed by atoms with E-state index in [-0.39, 0.29) is 10.5 Å². The van der Waals surface area contributed by atoms with Crippen LogP contribution in [0.3, 0.4) is 0 Å². The molecule has 0 fully saturated rings. The fraction of sp³-hybridized carbons (Fsp3) is 0.167. The zero-order chi connectivity index (χ0) is 24.0. The van der Waals surface area contributed by atoms with Crippen LogP contribution in [-0.4, -0.2) is 34.0 Å². The van der Waals surface area contributed by atoms with Crippen LogP contribution in [-0.2, 0) is 19.6 Å². The van der Waals surface area contributed by atoms with Crippen molar-refractivity contribution in [1.29, 1.82) is 0 Å². The van der Waals surface area contributed by atoms with E-state index in [1.807, 2.05) is 6.92 Å². The van der Waals surface area contributed by atoms with Crippen molar-refractivity contribution in [3.8, 4) is 5.75 Å². The molecular formula is C24H24N2O6S. The Morgan fingerprint density at radius 1 is 0.909 bits per heavy atom. The lowest BCUT2D eigenvalue weighted by Gasteiger charge is -2.12. The quantitative estimate of drug-likeness (QED) is 0.485. The standard InChI is InChI=1S/C24H24N2O6S/c1-16-7-11-19(12-8-16)26-33(29,30)22-13-18(10-9-17(22)2)24(28)32-15-23(27)25-20-5-4-6-21(14-20)31-3/h4-14,26H,15H2,1-3H3,(H,25,27). The van der Waals surface area contributed by atoms with Gasteiger partial charge in [0, 0.05) is 17.4 Å². The van der Waals surface area contributed by atoms with Gasteiger partial charge in [-0.25, -0.2) is 13.2 Å². The average Bonchev–Trinajstić information content (AvgIpc) is 2.79. The first-order valence-electron chi connectivity index (χ1n) is 9.99. The van der Waals surface area contributed by atoms with E-state index in [4.69, 9.17) is 9.47 Å². The molecule has 0 aromatic heterocycles. The number of benzene rings is 3. The van der Waals surface area contributed by atoms with Gasteiger partial charge in [-0.05, 0) is 55.8 Å². The number of anilines is 2. The van der Waals surface area contributed by atoms with Gasteiger partial charge in [0.2, 0.25) is 0 Å². The third-order valence-corrected chi connectivity index (χ3v) is 6.23. The maximum Gasteiger partial charge on any atom is 0.338 e. The number of sulfonamides is 1. The van der Waals surface area contributed by atoms with Gasteiger partial charge in [-0.2, -0.15) is 0 Å². The van der Waals surface area contributed by atoms with E-state index < -0.39 is 28.5 Å². The number of aryl methyl sites for hydroxylation is 2. The molecule has 0 spiro atoms. The molecule has 9 heteroatoms. The molecule has 0 saturated carbocycles. The molecule has 0 bridgehead atoms. The summed E-state index contributed by atoms with van der Waals surface area (Å²) >= 11 is 0. The van der Waals surface area contributed by atoms with Crippen molar-refractivity contribution in [2.45, 2.75) is 18.7 Å². The van der Waals surface area contributed by atoms with E-state index in [9.17, 15) is 18.0 Å². The predicted octanol–water partition coefficient (Wildman–Crippen LogP) is 3.91. The fourth-order valence-electron chi connectivity index (χ4n) is 2.96. The number of methoxy groups -OCH3 is 1. The Kier molecular flexibility index (Phi) is 7.34. The van der Waals surface area contributed by atoms with Gasteiger partial charge < -0.3 is 14.8 Å². The van der Waals surface area contributed by atoms with E-state index >= 15 is 0 Å². The number of rotatable bonds is 8. The number of nitrogens with one attached hydrogen (secondary N) is 2. The summed E-state index contributed by atoms with van der Waals surface area (Å²) in [7, 11) is -2.43. The van der Waals surface area contributed by atoms with E-state index in [2.05, 4.69) is 10.0 Å². The van der Waals surface area contributed by atoms with Crippen LogP contribution >= 0.6 is 0 Å². The van der Waals surface area contributed by atoms with Gasteiger partial charge in [-0.15, -0.1) is 0 Å². The summed E-state index contributed by atoms with van der Waals surface area (Å²) in [5, 5.41) is 2.60. The van der Waals surface area contributed by atoms with Crippen LogP contribution in [0.15, 0.2) is 71.6 Å². The largest absolute Gasteiger partial charge is 0.497 e. The Labute approximate surface area is 192 Å². The molecule has 0 saturated heterocycles. The van der Waals surface area contributed by atoms with Gasteiger partial charge in [0.15, 0.2) is 6.61 Å². The van der Waals surface area contributed by atoms with Gasteiger partial charge in [0.05, 0.1) is 17.6 Å². The van der Waals surface area contributed by atoms with Gasteiger partial charge in [-0.1, -0.05) is 29.8 Å². The van der Waals surface area contributed by atoms with Gasteiger partial charge in [0.1, 0.15) is 5.75 Å². The molecule has 172 valence electrons. The SMILES string of the molecule is COc1cccc(NC(=O)COC(=O)c2ccc(C)c(S(=O)(=O)Nc3ccc(C)cc3)c2)c1. The van der Waals surface area contributed by atoms with Crippen molar-refractivity contribution in [1.82, 2.24) is 0 Å². The minimum Gasteiger partial charge on any atom is -0.497 e. The van der Waals surface area contributed by atoms with Gasteiger partial charge >= 0.3 is 5.97 Å². The molecular weight excluding hydrogens is 444 g/mol. The van der Waals surface area contributed by atoms with E-state index in [0.29, 0.717) is 22.7 Å². The summed E-state index contributed by atoms with van der Waals surface area (Å²) in [6.07, 6.45) is 0. The second kappa shape index (κ2) is 10.2. The van der Waals surface area contributed by atoms with Crippen molar-refractivity contribution >= 4 is 33.3 Å². The first kappa shape index (κ1) is 23.8. The second-order valence-corrected chi connectivity index (χ2v) is 8.96. The Balaban J connectivity index is 1.68. The Hall–Kier alpha value is -3.85. The number of hydrogen-bond donors (Lipinski definition) is 2. The number of esters is 1. The molecule has 0 radical (unpaired) electrons. The van der Waals surface area contributed by atoms with Crippen molar-refractivity contribution in [2.75, 3.05) is 23.8 Å². The predicted molar refractivity (Wildman–Crippen MR) is 125 cm³/mol. The summed E-state index contributed by atoms with van der Waals surface area (Å²) in [6.45, 7) is 2.99. The van der Waals surface area contributed by atoms with Crippen molar-refractivity contribution in [3.63, 3.8) is 0 Å². The van der Waals surface area contributed by atoms with Crippen LogP contribution in [0.2, 0.25) is 0 Å². The highest BCUT2D eigenvalue weighted by Crippen LogP contribution is 2.22. The molecule has 1 amide bonds. The third-order valence-electron chi connectivity index (χ3n) is 4.70. The first-order chi connectivity index (χ1) is 15.7. The number of hydrogen-bond acceptors (Lipinski definition) is 6. The van der Waals surface area contributed by atoms with Crippen molar-refractivity contribution in [3.05, 3.63) is 83.4 Å². The molecule has 0 aliphatic rings. The minimum absolute atomic E-state index is 0.0130. The number of carbonyl (C=O) groups excluding carboxylic acids is 2. The fourth-order valence-corrected chi connectivity index (χ4v) is 4.29. The lowest BCUT2D eigenvalue weighted by Crippen LogP contribution is -2.21. The molecule has 2 N–H and O–H groups in total. The highest BCUT2D eigenvalue weighted by molar-refractivity contribution is 7.92. The van der Waals surface area contributed by atoms with Crippen LogP contribution < -0.4 is 14.8 Å². The van der Waals surface area contributed by atoms with Crippen LogP contribution in [0.4, 0.5) is 11.4 Å². The number of carbonyl (C=O) groups is 2. The second-order valence-electron chi connectivity index (χ2n) is 7.31. The van der Waals surface area contributed by atoms with Crippen molar-refractivity contribution in [2.24, 2.45) is 0 Å². The molecule has 0 aliphatic heterocycles. The highest BCUT2D eigenvalue weighted by atomic mass is 32.2. The zero-order valence-corrected chi connectivity index (χ0v) is 19.2. The zero-order valence-electron chi connectivity index (χ0n) is 18.4. The lowest BCUT2D eigenvalue weighted by atomic mass is 10.1. The van der Waals surface area contributed by atoms with E-state index in [0.717, 1.165) is 5.56 Å². The first-order valence-corrected chi connectivity index (χ1v) is 11.5. The van der Waals surface area contributed by atoms with Gasteiger partial charge in [-0.3, -0.25) is 9.52 Å². The van der Waals surface area contributed by atoms with Crippen LogP contribution in [0.5, 0.6) is 5.75 Å². The third kappa shape index (κ3) is 6.33. The topological polar surface area (TPSA) is 111 Å². The molecule has 33 heavy (non-hydrogen) atoms. The normalized spacial score (nSPS) is 10.9. The van der Waals surface area contributed by atoms with E-state index in [1.165, 1.54) is 25.3 Å². The Morgan fingerprint density at radius 2 is 1.64 bits per heavy atom. The molecule has 0 atom stereocenters. The van der Waals surface area contributed by atoms with Gasteiger partial charge in [0.25, 0.3) is 15.9 Å². The minimum atomic E-state index is -3.94. The summed E-state index contributed by atoms with van der Waals surface area (Å²) in [6, 6.07) is 17.8. The summed E-state index contributed by atoms with van der Waals surface area (Å²) in [5.41, 5.74) is 2.36. The molecule has 0 aliphatic carbocycles. The monoisotopic (exact) mass is 468 g/mol. The van der Waals surface area contributed by atoms with Crippen LogP contribution in [0.1, 0.15) is 21.5 Å². The number of amides is 1. The van der Waals surface area contributed by atoms with Crippen LogP contribution in [0.25, 0.3) is 0 Å². The molecule has 0 heterocycles.